The zero-order valence-corrected chi connectivity index (χ0v) is 13.2. The zero-order chi connectivity index (χ0) is 15.6. The Hall–Kier alpha value is -1.87. The average molecular weight is 296 g/mol. The van der Waals surface area contributed by atoms with Gasteiger partial charge in [0, 0.05) is 16.7 Å². The molecule has 0 spiro atoms. The van der Waals surface area contributed by atoms with Gasteiger partial charge in [0.15, 0.2) is 5.78 Å². The molecule has 1 aromatic heterocycles. The van der Waals surface area contributed by atoms with E-state index in [1.165, 1.54) is 5.56 Å². The van der Waals surface area contributed by atoms with Crippen LogP contribution in [0.4, 0.5) is 0 Å². The molecule has 0 amide bonds. The number of carbonyl (C=O) groups is 1. The van der Waals surface area contributed by atoms with Crippen molar-refractivity contribution in [2.75, 3.05) is 0 Å². The molecule has 114 valence electrons. The Kier molecular flexibility index (Phi) is 2.71. The van der Waals surface area contributed by atoms with Gasteiger partial charge in [-0.1, -0.05) is 26.0 Å². The van der Waals surface area contributed by atoms with Crippen LogP contribution in [0.3, 0.4) is 0 Å². The summed E-state index contributed by atoms with van der Waals surface area (Å²) in [5.41, 5.74) is 5.41. The summed E-state index contributed by atoms with van der Waals surface area (Å²) >= 11 is 0. The van der Waals surface area contributed by atoms with Crippen LogP contribution in [0.1, 0.15) is 65.4 Å². The number of hydrogen-bond donors (Lipinski definition) is 1. The number of carbonyl (C=O) groups excluding carboxylic acids is 1. The first-order valence-electron chi connectivity index (χ1n) is 7.89. The first kappa shape index (κ1) is 13.8. The number of rotatable bonds is 0. The predicted molar refractivity (Wildman–Crippen MR) is 84.1 cm³/mol. The van der Waals surface area contributed by atoms with Crippen LogP contribution in [0.15, 0.2) is 22.8 Å². The molecule has 2 aromatic rings. The third-order valence-corrected chi connectivity index (χ3v) is 5.31. The summed E-state index contributed by atoms with van der Waals surface area (Å²) in [5.74, 6) is 0.479. The van der Waals surface area contributed by atoms with E-state index in [0.717, 1.165) is 36.0 Å². The maximum atomic E-state index is 12.8. The quantitative estimate of drug-likeness (QED) is 0.796. The van der Waals surface area contributed by atoms with Crippen molar-refractivity contribution in [3.63, 3.8) is 0 Å². The summed E-state index contributed by atoms with van der Waals surface area (Å²) in [6, 6.07) is 4.13. The molecule has 1 aromatic carbocycles. The molecule has 1 heterocycles. The molecular formula is C19H20O3. The molecule has 2 aliphatic rings. The van der Waals surface area contributed by atoms with Crippen molar-refractivity contribution in [3.8, 4) is 11.3 Å². The lowest BCUT2D eigenvalue weighted by molar-refractivity contribution is 0.0739. The summed E-state index contributed by atoms with van der Waals surface area (Å²) in [7, 11) is 0. The highest BCUT2D eigenvalue weighted by molar-refractivity contribution is 6.10. The Morgan fingerprint density at radius 1 is 1.32 bits per heavy atom. The summed E-state index contributed by atoms with van der Waals surface area (Å²) < 4.78 is 5.66. The molecule has 22 heavy (non-hydrogen) atoms. The maximum Gasteiger partial charge on any atom is 0.197 e. The number of furan rings is 1. The van der Waals surface area contributed by atoms with Gasteiger partial charge < -0.3 is 9.52 Å². The number of ketones is 1. The van der Waals surface area contributed by atoms with Crippen molar-refractivity contribution in [1.82, 2.24) is 0 Å². The number of Topliss-reactive ketones (excluding diaryl/α,β-unsaturated/α-hetero) is 1. The summed E-state index contributed by atoms with van der Waals surface area (Å²) in [5, 5.41) is 10.5. The van der Waals surface area contributed by atoms with E-state index in [1.54, 1.807) is 6.26 Å². The van der Waals surface area contributed by atoms with E-state index in [0.29, 0.717) is 16.9 Å². The van der Waals surface area contributed by atoms with Gasteiger partial charge in [-0.25, -0.2) is 0 Å². The first-order valence-corrected chi connectivity index (χ1v) is 7.89. The molecule has 3 heteroatoms. The van der Waals surface area contributed by atoms with E-state index in [2.05, 4.69) is 19.9 Å². The molecule has 1 unspecified atom stereocenters. The molecule has 1 atom stereocenters. The Bertz CT molecular complexity index is 795. The molecule has 0 fully saturated rings. The summed E-state index contributed by atoms with van der Waals surface area (Å²) in [6.07, 6.45) is 3.62. The van der Waals surface area contributed by atoms with Gasteiger partial charge in [-0.3, -0.25) is 4.79 Å². The van der Waals surface area contributed by atoms with Crippen molar-refractivity contribution in [3.05, 3.63) is 46.2 Å². The van der Waals surface area contributed by atoms with Crippen LogP contribution in [0.5, 0.6) is 0 Å². The van der Waals surface area contributed by atoms with Gasteiger partial charge in [-0.15, -0.1) is 0 Å². The lowest BCUT2D eigenvalue weighted by atomic mass is 9.69. The van der Waals surface area contributed by atoms with Gasteiger partial charge in [0.05, 0.1) is 6.26 Å². The normalized spacial score (nSPS) is 22.0. The van der Waals surface area contributed by atoms with Crippen LogP contribution in [-0.2, 0) is 11.8 Å². The summed E-state index contributed by atoms with van der Waals surface area (Å²) in [6.45, 7) is 6.32. The number of aliphatic hydroxyl groups excluding tert-OH is 1. The largest absolute Gasteiger partial charge is 0.464 e. The molecule has 0 saturated heterocycles. The fraction of sp³-hybridized carbons (Fsp3) is 0.421. The second-order valence-electron chi connectivity index (χ2n) is 7.18. The second-order valence-corrected chi connectivity index (χ2v) is 7.18. The first-order chi connectivity index (χ1) is 10.4. The molecule has 3 nitrogen and oxygen atoms in total. The third kappa shape index (κ3) is 1.63. The topological polar surface area (TPSA) is 50.4 Å². The highest BCUT2D eigenvalue weighted by Crippen LogP contribution is 2.47. The standard InChI is InChI=1S/C19H20O3/c1-10-9-22-18-12-6-7-13-11(5-4-8-19(13,2)3)15(12)17(21)16(20)14(10)18/h6-7,9,16,20H,4-5,8H2,1-3H3. The van der Waals surface area contributed by atoms with Crippen molar-refractivity contribution in [2.45, 2.75) is 51.6 Å². The van der Waals surface area contributed by atoms with E-state index in [9.17, 15) is 9.90 Å². The van der Waals surface area contributed by atoms with Crippen LogP contribution in [0.2, 0.25) is 0 Å². The highest BCUT2D eigenvalue weighted by atomic mass is 16.3. The Balaban J connectivity index is 2.05. The number of aliphatic hydroxyl groups is 1. The molecule has 0 saturated carbocycles. The maximum absolute atomic E-state index is 12.8. The van der Waals surface area contributed by atoms with E-state index >= 15 is 0 Å². The van der Waals surface area contributed by atoms with Crippen molar-refractivity contribution >= 4 is 5.78 Å². The summed E-state index contributed by atoms with van der Waals surface area (Å²) in [4.78, 5) is 12.8. The molecule has 2 aliphatic carbocycles. The highest BCUT2D eigenvalue weighted by Gasteiger charge is 2.39. The Labute approximate surface area is 130 Å². The number of aryl methyl sites for hydroxylation is 1. The second kappa shape index (κ2) is 4.32. The number of benzene rings is 1. The van der Waals surface area contributed by atoms with Gasteiger partial charge in [-0.2, -0.15) is 0 Å². The van der Waals surface area contributed by atoms with Crippen LogP contribution in [0, 0.1) is 6.92 Å². The van der Waals surface area contributed by atoms with Gasteiger partial charge in [0.1, 0.15) is 11.9 Å². The van der Waals surface area contributed by atoms with Crippen LogP contribution in [0.25, 0.3) is 11.3 Å². The zero-order valence-electron chi connectivity index (χ0n) is 13.2. The Morgan fingerprint density at radius 3 is 2.86 bits per heavy atom. The molecule has 1 N–H and O–H groups in total. The van der Waals surface area contributed by atoms with E-state index in [4.69, 9.17) is 4.42 Å². The van der Waals surface area contributed by atoms with Crippen molar-refractivity contribution < 1.29 is 14.3 Å². The van der Waals surface area contributed by atoms with Crippen molar-refractivity contribution in [1.29, 1.82) is 0 Å². The minimum absolute atomic E-state index is 0.0766. The van der Waals surface area contributed by atoms with Gasteiger partial charge in [0.2, 0.25) is 0 Å². The average Bonchev–Trinajstić information content (AvgIpc) is 2.86. The SMILES string of the molecule is Cc1coc2c1C(O)C(=O)c1c-2ccc2c1CCCC2(C)C. The minimum atomic E-state index is -1.10. The third-order valence-electron chi connectivity index (χ3n) is 5.31. The van der Waals surface area contributed by atoms with Gasteiger partial charge in [-0.05, 0) is 48.3 Å². The number of hydrogen-bond acceptors (Lipinski definition) is 3. The lowest BCUT2D eigenvalue weighted by Gasteiger charge is -2.35. The van der Waals surface area contributed by atoms with E-state index in [1.807, 2.05) is 13.0 Å². The molecular weight excluding hydrogens is 276 g/mol. The van der Waals surface area contributed by atoms with Crippen LogP contribution in [-0.4, -0.2) is 10.9 Å². The molecule has 0 radical (unpaired) electrons. The fourth-order valence-electron chi connectivity index (χ4n) is 4.12. The smallest absolute Gasteiger partial charge is 0.197 e. The molecule has 4 rings (SSSR count). The van der Waals surface area contributed by atoms with Crippen LogP contribution < -0.4 is 0 Å². The van der Waals surface area contributed by atoms with Gasteiger partial charge in [0.25, 0.3) is 0 Å². The number of fused-ring (bicyclic) bond motifs is 5. The van der Waals surface area contributed by atoms with E-state index < -0.39 is 6.10 Å². The monoisotopic (exact) mass is 296 g/mol. The van der Waals surface area contributed by atoms with Crippen LogP contribution >= 0.6 is 0 Å². The Morgan fingerprint density at radius 2 is 2.09 bits per heavy atom. The predicted octanol–water partition coefficient (Wildman–Crippen LogP) is 4.10. The molecule has 0 bridgehead atoms. The van der Waals surface area contributed by atoms with Gasteiger partial charge >= 0.3 is 0 Å². The van der Waals surface area contributed by atoms with Crippen molar-refractivity contribution in [2.24, 2.45) is 0 Å². The molecule has 0 aliphatic heterocycles. The fourth-order valence-corrected chi connectivity index (χ4v) is 4.12. The minimum Gasteiger partial charge on any atom is -0.464 e. The van der Waals surface area contributed by atoms with E-state index in [-0.39, 0.29) is 11.2 Å². The lowest BCUT2D eigenvalue weighted by Crippen LogP contribution is -2.28.